The van der Waals surface area contributed by atoms with Crippen molar-refractivity contribution in [1.82, 2.24) is 9.55 Å². The van der Waals surface area contributed by atoms with Crippen LogP contribution in [0.1, 0.15) is 48.9 Å². The number of fused-ring (bicyclic) bond motifs is 5. The van der Waals surface area contributed by atoms with Gasteiger partial charge in [-0.15, -0.1) is 0 Å². The van der Waals surface area contributed by atoms with Gasteiger partial charge in [-0.3, -0.25) is 4.79 Å². The zero-order chi connectivity index (χ0) is 22.8. The monoisotopic (exact) mass is 433 g/mol. The second-order valence-corrected chi connectivity index (χ2v) is 8.50. The Kier molecular flexibility index (Phi) is 4.46. The van der Waals surface area contributed by atoms with Crippen LogP contribution < -0.4 is 11.3 Å². The molecular formula is C24H23N3O5. The number of aromatic nitrogens is 2. The highest BCUT2D eigenvalue weighted by molar-refractivity contribution is 5.91. The quantitative estimate of drug-likeness (QED) is 0.373. The van der Waals surface area contributed by atoms with E-state index in [4.69, 9.17) is 15.5 Å². The SMILES string of the molecule is CC[C@@]1(O)C(=O)OCc2c1cc1n(c2=O)Cc2cc3c(CCC(C)=O)c(N)ccc3nc2-1. The molecule has 0 radical (unpaired) electrons. The highest BCUT2D eigenvalue weighted by atomic mass is 16.6. The van der Waals surface area contributed by atoms with Crippen LogP contribution in [0.2, 0.25) is 0 Å². The number of benzene rings is 1. The van der Waals surface area contributed by atoms with Gasteiger partial charge in [-0.2, -0.15) is 0 Å². The first-order valence-electron chi connectivity index (χ1n) is 10.6. The van der Waals surface area contributed by atoms with E-state index in [0.29, 0.717) is 53.1 Å². The van der Waals surface area contributed by atoms with Gasteiger partial charge in [0.05, 0.1) is 29.0 Å². The van der Waals surface area contributed by atoms with Crippen LogP contribution >= 0.6 is 0 Å². The lowest BCUT2D eigenvalue weighted by Gasteiger charge is -2.31. The number of nitrogen functional groups attached to an aromatic ring is 1. The Labute approximate surface area is 183 Å². The predicted octanol–water partition coefficient (Wildman–Crippen LogP) is 2.18. The number of carbonyl (C=O) groups excluding carboxylic acids is 2. The van der Waals surface area contributed by atoms with E-state index in [1.807, 2.05) is 12.1 Å². The number of ketones is 1. The van der Waals surface area contributed by atoms with Crippen molar-refractivity contribution in [3.8, 4) is 11.4 Å². The smallest absolute Gasteiger partial charge is 0.343 e. The van der Waals surface area contributed by atoms with Gasteiger partial charge in [-0.1, -0.05) is 6.92 Å². The van der Waals surface area contributed by atoms with Crippen LogP contribution in [0.25, 0.3) is 22.3 Å². The van der Waals surface area contributed by atoms with E-state index in [1.54, 1.807) is 30.5 Å². The molecule has 164 valence electrons. The summed E-state index contributed by atoms with van der Waals surface area (Å²) in [6.45, 7) is 3.38. The number of rotatable bonds is 4. The molecule has 1 aromatic carbocycles. The molecule has 4 heterocycles. The summed E-state index contributed by atoms with van der Waals surface area (Å²) in [6.07, 6.45) is 0.998. The first kappa shape index (κ1) is 20.4. The van der Waals surface area contributed by atoms with Crippen molar-refractivity contribution in [3.05, 3.63) is 56.9 Å². The molecule has 3 aromatic rings. The molecule has 0 amide bonds. The van der Waals surface area contributed by atoms with Gasteiger partial charge >= 0.3 is 5.97 Å². The molecule has 0 fully saturated rings. The predicted molar refractivity (Wildman–Crippen MR) is 118 cm³/mol. The molecule has 8 heteroatoms. The number of carbonyl (C=O) groups is 2. The molecule has 0 bridgehead atoms. The van der Waals surface area contributed by atoms with E-state index in [1.165, 1.54) is 0 Å². The number of pyridine rings is 2. The summed E-state index contributed by atoms with van der Waals surface area (Å²) >= 11 is 0. The summed E-state index contributed by atoms with van der Waals surface area (Å²) in [4.78, 5) is 41.9. The summed E-state index contributed by atoms with van der Waals surface area (Å²) in [7, 11) is 0. The Bertz CT molecular complexity index is 1390. The molecule has 8 nitrogen and oxygen atoms in total. The lowest BCUT2D eigenvalue weighted by atomic mass is 9.86. The van der Waals surface area contributed by atoms with Crippen LogP contribution in [0, 0.1) is 0 Å². The Balaban J connectivity index is 1.71. The standard InChI is InChI=1S/C24H23N3O5/c1-3-24(31)17-9-20-21-13(10-27(20)22(29)16(17)11-32-23(24)30)8-15-14(5-4-12(2)28)18(25)6-7-19(15)26-21/h6-9,31H,3-5,10-11,25H2,1-2H3/t24-/m0/s1. The second-order valence-electron chi connectivity index (χ2n) is 8.50. The van der Waals surface area contributed by atoms with Gasteiger partial charge in [0.2, 0.25) is 0 Å². The molecule has 1 atom stereocenters. The first-order valence-corrected chi connectivity index (χ1v) is 10.6. The Morgan fingerprint density at radius 2 is 2.09 bits per heavy atom. The van der Waals surface area contributed by atoms with Crippen LogP contribution in [0.4, 0.5) is 5.69 Å². The Hall–Kier alpha value is -3.52. The molecule has 3 N–H and O–H groups in total. The highest BCUT2D eigenvalue weighted by Gasteiger charge is 2.45. The van der Waals surface area contributed by atoms with Crippen molar-refractivity contribution in [2.45, 2.75) is 51.9 Å². The third-order valence-electron chi connectivity index (χ3n) is 6.57. The average Bonchev–Trinajstić information content (AvgIpc) is 3.12. The number of Topliss-reactive ketones (excluding diaryl/α,β-unsaturated/α-hetero) is 1. The molecule has 0 saturated heterocycles. The van der Waals surface area contributed by atoms with Crippen LogP contribution in [-0.4, -0.2) is 26.4 Å². The summed E-state index contributed by atoms with van der Waals surface area (Å²) in [5.41, 5.74) is 8.87. The molecule has 0 unspecified atom stereocenters. The number of anilines is 1. The van der Waals surface area contributed by atoms with Gasteiger partial charge < -0.3 is 24.9 Å². The van der Waals surface area contributed by atoms with Crippen LogP contribution in [-0.2, 0) is 39.5 Å². The largest absolute Gasteiger partial charge is 0.458 e. The third-order valence-corrected chi connectivity index (χ3v) is 6.57. The number of esters is 1. The first-order chi connectivity index (χ1) is 15.2. The van der Waals surface area contributed by atoms with Crippen molar-refractivity contribution in [2.75, 3.05) is 5.73 Å². The van der Waals surface area contributed by atoms with Gasteiger partial charge in [0, 0.05) is 28.6 Å². The number of nitrogens with zero attached hydrogens (tertiary/aromatic N) is 2. The zero-order valence-electron chi connectivity index (χ0n) is 17.9. The Morgan fingerprint density at radius 3 is 2.81 bits per heavy atom. The van der Waals surface area contributed by atoms with E-state index < -0.39 is 11.6 Å². The van der Waals surface area contributed by atoms with E-state index in [2.05, 4.69) is 0 Å². The van der Waals surface area contributed by atoms with Gasteiger partial charge in [0.15, 0.2) is 5.60 Å². The highest BCUT2D eigenvalue weighted by Crippen LogP contribution is 2.39. The fourth-order valence-corrected chi connectivity index (χ4v) is 4.71. The molecule has 32 heavy (non-hydrogen) atoms. The topological polar surface area (TPSA) is 125 Å². The summed E-state index contributed by atoms with van der Waals surface area (Å²) in [5, 5.41) is 11.8. The number of hydrogen-bond acceptors (Lipinski definition) is 7. The van der Waals surface area contributed by atoms with Crippen molar-refractivity contribution in [2.24, 2.45) is 0 Å². The van der Waals surface area contributed by atoms with E-state index in [0.717, 1.165) is 16.5 Å². The number of aryl methyl sites for hydroxylation is 1. The maximum absolute atomic E-state index is 13.3. The minimum absolute atomic E-state index is 0.0836. The molecule has 0 aliphatic carbocycles. The van der Waals surface area contributed by atoms with Crippen molar-refractivity contribution in [3.63, 3.8) is 0 Å². The molecule has 2 aliphatic heterocycles. The van der Waals surface area contributed by atoms with E-state index >= 15 is 0 Å². The molecular weight excluding hydrogens is 410 g/mol. The van der Waals surface area contributed by atoms with Gasteiger partial charge in [0.25, 0.3) is 5.56 Å². The van der Waals surface area contributed by atoms with Gasteiger partial charge in [-0.05, 0) is 49.6 Å². The van der Waals surface area contributed by atoms with Gasteiger partial charge in [0.1, 0.15) is 12.4 Å². The summed E-state index contributed by atoms with van der Waals surface area (Å²) < 4.78 is 6.71. The van der Waals surface area contributed by atoms with Gasteiger partial charge in [-0.25, -0.2) is 9.78 Å². The molecule has 0 spiro atoms. The van der Waals surface area contributed by atoms with Crippen LogP contribution in [0.3, 0.4) is 0 Å². The Morgan fingerprint density at radius 1 is 1.31 bits per heavy atom. The van der Waals surface area contributed by atoms with E-state index in [-0.39, 0.29) is 24.4 Å². The number of nitrogens with two attached hydrogens (primary N) is 1. The normalized spacial score (nSPS) is 18.8. The minimum atomic E-state index is -1.85. The second kappa shape index (κ2) is 7.00. The molecule has 5 rings (SSSR count). The van der Waals surface area contributed by atoms with Crippen LogP contribution in [0.5, 0.6) is 0 Å². The summed E-state index contributed by atoms with van der Waals surface area (Å²) in [5.74, 6) is -0.660. The van der Waals surface area contributed by atoms with Crippen molar-refractivity contribution < 1.29 is 19.4 Å². The van der Waals surface area contributed by atoms with Crippen molar-refractivity contribution >= 4 is 28.3 Å². The number of aliphatic hydroxyl groups is 1. The lowest BCUT2D eigenvalue weighted by Crippen LogP contribution is -2.44. The third kappa shape index (κ3) is 2.79. The fourth-order valence-electron chi connectivity index (χ4n) is 4.71. The minimum Gasteiger partial charge on any atom is -0.458 e. The zero-order valence-corrected chi connectivity index (χ0v) is 17.9. The lowest BCUT2D eigenvalue weighted by molar-refractivity contribution is -0.172. The van der Waals surface area contributed by atoms with Crippen LogP contribution in [0.15, 0.2) is 29.1 Å². The number of ether oxygens (including phenoxy) is 1. The maximum atomic E-state index is 13.3. The van der Waals surface area contributed by atoms with Crippen molar-refractivity contribution in [1.29, 1.82) is 0 Å². The average molecular weight is 433 g/mol. The molecule has 0 saturated carbocycles. The molecule has 2 aromatic heterocycles. The fraction of sp³-hybridized carbons (Fsp3) is 0.333. The van der Waals surface area contributed by atoms with E-state index in [9.17, 15) is 19.5 Å². The summed E-state index contributed by atoms with van der Waals surface area (Å²) in [6, 6.07) is 7.26. The number of cyclic esters (lactones) is 1. The maximum Gasteiger partial charge on any atom is 0.343 e. The molecule has 2 aliphatic rings. The number of hydrogen-bond donors (Lipinski definition) is 2.